The van der Waals surface area contributed by atoms with Gasteiger partial charge in [0.15, 0.2) is 15.8 Å². The zero-order valence-corrected chi connectivity index (χ0v) is 15.0. The van der Waals surface area contributed by atoms with Crippen LogP contribution in [0.2, 0.25) is 0 Å². The summed E-state index contributed by atoms with van der Waals surface area (Å²) in [5.74, 6) is 0.303. The number of aryl methyl sites for hydroxylation is 2. The number of nitrogens with two attached hydrogens (primary N) is 1. The fraction of sp³-hybridized carbons (Fsp3) is 0.278. The van der Waals surface area contributed by atoms with Crippen LogP contribution in [-0.4, -0.2) is 20.6 Å². The average Bonchev–Trinajstić information content (AvgIpc) is 2.43. The summed E-state index contributed by atoms with van der Waals surface area (Å²) in [4.78, 5) is 4.33. The molecule has 0 aromatic heterocycles. The normalized spacial score (nSPS) is 12.2. The minimum atomic E-state index is -3.09. The maximum atomic E-state index is 11.5. The van der Waals surface area contributed by atoms with Crippen molar-refractivity contribution in [3.05, 3.63) is 64.7 Å². The van der Waals surface area contributed by atoms with Gasteiger partial charge in [-0.3, -0.25) is 0 Å². The standard InChI is InChI=1S/C18H23N3O2S/c1-13-8-14(2)10-17(9-13)21-18(19)20-11-15-6-4-5-7-16(15)12-24(3,22)23/h4-10H,11-12H2,1-3H3,(H3,19,20,21). The van der Waals surface area contributed by atoms with E-state index in [9.17, 15) is 8.42 Å². The molecule has 0 aliphatic carbocycles. The zero-order valence-electron chi connectivity index (χ0n) is 14.2. The van der Waals surface area contributed by atoms with Crippen LogP contribution in [0.5, 0.6) is 0 Å². The van der Waals surface area contributed by atoms with Gasteiger partial charge in [0.25, 0.3) is 0 Å². The van der Waals surface area contributed by atoms with Crippen LogP contribution in [0.4, 0.5) is 5.69 Å². The second-order valence-electron chi connectivity index (χ2n) is 6.04. The van der Waals surface area contributed by atoms with E-state index in [1.807, 2.05) is 44.2 Å². The Morgan fingerprint density at radius 2 is 1.67 bits per heavy atom. The molecule has 0 bridgehead atoms. The highest BCUT2D eigenvalue weighted by atomic mass is 32.2. The second kappa shape index (κ2) is 7.49. The third kappa shape index (κ3) is 5.70. The number of rotatable bonds is 5. The molecule has 0 saturated heterocycles. The van der Waals surface area contributed by atoms with Gasteiger partial charge in [0.05, 0.1) is 12.3 Å². The van der Waals surface area contributed by atoms with E-state index < -0.39 is 9.84 Å². The molecule has 2 rings (SSSR count). The van der Waals surface area contributed by atoms with E-state index in [4.69, 9.17) is 5.73 Å². The van der Waals surface area contributed by atoms with Crippen LogP contribution in [0.3, 0.4) is 0 Å². The number of sulfone groups is 1. The lowest BCUT2D eigenvalue weighted by Crippen LogP contribution is -2.22. The van der Waals surface area contributed by atoms with Gasteiger partial charge in [-0.15, -0.1) is 0 Å². The number of aliphatic imine (C=N–C) groups is 1. The Hall–Kier alpha value is -2.34. The molecule has 2 aromatic rings. The minimum Gasteiger partial charge on any atom is -0.370 e. The Labute approximate surface area is 143 Å². The highest BCUT2D eigenvalue weighted by molar-refractivity contribution is 7.89. The van der Waals surface area contributed by atoms with E-state index in [1.54, 1.807) is 6.07 Å². The monoisotopic (exact) mass is 345 g/mol. The minimum absolute atomic E-state index is 0.00308. The number of nitrogens with zero attached hydrogens (tertiary/aromatic N) is 1. The first-order valence-electron chi connectivity index (χ1n) is 7.63. The van der Waals surface area contributed by atoms with Gasteiger partial charge in [0.1, 0.15) is 0 Å². The molecule has 0 heterocycles. The molecule has 24 heavy (non-hydrogen) atoms. The van der Waals surface area contributed by atoms with Crippen LogP contribution in [0.15, 0.2) is 47.5 Å². The van der Waals surface area contributed by atoms with E-state index in [-0.39, 0.29) is 5.75 Å². The molecule has 0 aliphatic heterocycles. The molecule has 6 heteroatoms. The highest BCUT2D eigenvalue weighted by Gasteiger charge is 2.08. The van der Waals surface area contributed by atoms with Crippen molar-refractivity contribution < 1.29 is 8.42 Å². The van der Waals surface area contributed by atoms with Gasteiger partial charge in [-0.1, -0.05) is 30.3 Å². The fourth-order valence-electron chi connectivity index (χ4n) is 2.54. The Morgan fingerprint density at radius 3 is 2.25 bits per heavy atom. The van der Waals surface area contributed by atoms with E-state index in [0.717, 1.165) is 27.9 Å². The van der Waals surface area contributed by atoms with Gasteiger partial charge in [0.2, 0.25) is 0 Å². The van der Waals surface area contributed by atoms with E-state index >= 15 is 0 Å². The molecule has 0 unspecified atom stereocenters. The van der Waals surface area contributed by atoms with Crippen LogP contribution in [-0.2, 0) is 22.1 Å². The Morgan fingerprint density at radius 1 is 1.08 bits per heavy atom. The van der Waals surface area contributed by atoms with Crippen molar-refractivity contribution in [3.63, 3.8) is 0 Å². The SMILES string of the molecule is Cc1cc(C)cc(NC(N)=NCc2ccccc2CS(C)(=O)=O)c1. The molecule has 5 nitrogen and oxygen atoms in total. The molecule has 3 N–H and O–H groups in total. The number of anilines is 1. The molecule has 2 aromatic carbocycles. The molecule has 0 amide bonds. The van der Waals surface area contributed by atoms with Crippen molar-refractivity contribution in [2.75, 3.05) is 11.6 Å². The summed E-state index contributed by atoms with van der Waals surface area (Å²) in [5.41, 5.74) is 10.7. The van der Waals surface area contributed by atoms with Gasteiger partial charge < -0.3 is 11.1 Å². The summed E-state index contributed by atoms with van der Waals surface area (Å²) in [6, 6.07) is 13.4. The third-order valence-electron chi connectivity index (χ3n) is 3.45. The van der Waals surface area contributed by atoms with E-state index in [1.165, 1.54) is 6.26 Å². The van der Waals surface area contributed by atoms with Gasteiger partial charge in [0, 0.05) is 11.9 Å². The van der Waals surface area contributed by atoms with Crippen molar-refractivity contribution in [2.45, 2.75) is 26.1 Å². The molecule has 0 fully saturated rings. The van der Waals surface area contributed by atoms with E-state index in [0.29, 0.717) is 12.5 Å². The lowest BCUT2D eigenvalue weighted by molar-refractivity contribution is 0.601. The summed E-state index contributed by atoms with van der Waals surface area (Å²) < 4.78 is 23.0. The fourth-order valence-corrected chi connectivity index (χ4v) is 3.39. The van der Waals surface area contributed by atoms with Gasteiger partial charge in [-0.05, 0) is 48.2 Å². The zero-order chi connectivity index (χ0) is 17.7. The summed E-state index contributed by atoms with van der Waals surface area (Å²) >= 11 is 0. The van der Waals surface area contributed by atoms with Crippen LogP contribution in [0.25, 0.3) is 0 Å². The smallest absolute Gasteiger partial charge is 0.193 e. The van der Waals surface area contributed by atoms with Crippen molar-refractivity contribution in [1.82, 2.24) is 0 Å². The Bertz CT molecular complexity index is 838. The number of nitrogens with one attached hydrogen (secondary N) is 1. The number of hydrogen-bond donors (Lipinski definition) is 2. The van der Waals surface area contributed by atoms with Crippen molar-refractivity contribution in [1.29, 1.82) is 0 Å². The summed E-state index contributed by atoms with van der Waals surface area (Å²) in [6.45, 7) is 4.37. The molecule has 0 aliphatic rings. The van der Waals surface area contributed by atoms with Crippen molar-refractivity contribution in [3.8, 4) is 0 Å². The third-order valence-corrected chi connectivity index (χ3v) is 4.29. The van der Waals surface area contributed by atoms with E-state index in [2.05, 4.69) is 16.4 Å². The average molecular weight is 345 g/mol. The molecule has 128 valence electrons. The maximum absolute atomic E-state index is 11.5. The Balaban J connectivity index is 2.12. The van der Waals surface area contributed by atoms with Crippen molar-refractivity contribution >= 4 is 21.5 Å². The van der Waals surface area contributed by atoms with Crippen LogP contribution in [0.1, 0.15) is 22.3 Å². The lowest BCUT2D eigenvalue weighted by atomic mass is 10.1. The largest absolute Gasteiger partial charge is 0.370 e. The molecule has 0 radical (unpaired) electrons. The van der Waals surface area contributed by atoms with Gasteiger partial charge >= 0.3 is 0 Å². The lowest BCUT2D eigenvalue weighted by Gasteiger charge is -2.09. The first-order chi connectivity index (χ1) is 11.2. The summed E-state index contributed by atoms with van der Waals surface area (Å²) in [7, 11) is -3.09. The summed E-state index contributed by atoms with van der Waals surface area (Å²) in [5, 5.41) is 3.07. The molecular weight excluding hydrogens is 322 g/mol. The second-order valence-corrected chi connectivity index (χ2v) is 8.18. The molecule has 0 saturated carbocycles. The van der Waals surface area contributed by atoms with Crippen LogP contribution < -0.4 is 11.1 Å². The Kier molecular flexibility index (Phi) is 5.62. The quantitative estimate of drug-likeness (QED) is 0.644. The van der Waals surface area contributed by atoms with Crippen LogP contribution >= 0.6 is 0 Å². The topological polar surface area (TPSA) is 84.5 Å². The molecular formula is C18H23N3O2S. The first-order valence-corrected chi connectivity index (χ1v) is 9.69. The van der Waals surface area contributed by atoms with Crippen LogP contribution in [0, 0.1) is 13.8 Å². The van der Waals surface area contributed by atoms with Gasteiger partial charge in [-0.25, -0.2) is 13.4 Å². The number of benzene rings is 2. The molecule has 0 atom stereocenters. The van der Waals surface area contributed by atoms with Gasteiger partial charge in [-0.2, -0.15) is 0 Å². The van der Waals surface area contributed by atoms with Crippen molar-refractivity contribution in [2.24, 2.45) is 10.7 Å². The number of hydrogen-bond acceptors (Lipinski definition) is 3. The predicted octanol–water partition coefficient (Wildman–Crippen LogP) is 2.77. The highest BCUT2D eigenvalue weighted by Crippen LogP contribution is 2.15. The predicted molar refractivity (Wildman–Crippen MR) is 99.9 cm³/mol. The summed E-state index contributed by atoms with van der Waals surface area (Å²) in [6.07, 6.45) is 1.23. The number of guanidine groups is 1. The molecule has 0 spiro atoms. The first kappa shape index (κ1) is 18.0. The maximum Gasteiger partial charge on any atom is 0.193 e.